The average Bonchev–Trinajstić information content (AvgIpc) is 2.66. The van der Waals surface area contributed by atoms with Crippen LogP contribution < -0.4 is 0 Å². The Morgan fingerprint density at radius 3 is 3.00 bits per heavy atom. The lowest BCUT2D eigenvalue weighted by atomic mass is 10.0. The predicted octanol–water partition coefficient (Wildman–Crippen LogP) is 3.63. The number of aromatic nitrogens is 2. The van der Waals surface area contributed by atoms with Gasteiger partial charge in [0.25, 0.3) is 0 Å². The summed E-state index contributed by atoms with van der Waals surface area (Å²) in [7, 11) is 0. The van der Waals surface area contributed by atoms with Gasteiger partial charge >= 0.3 is 0 Å². The molecule has 76 valence electrons. The molecule has 0 saturated carbocycles. The first kappa shape index (κ1) is 9.71. The molecule has 2 aromatic rings. The van der Waals surface area contributed by atoms with Crippen molar-refractivity contribution in [2.75, 3.05) is 0 Å². The first-order chi connectivity index (χ1) is 7.27. The number of hydrogen-bond donors (Lipinski definition) is 1. The van der Waals surface area contributed by atoms with Gasteiger partial charge in [-0.15, -0.1) is 0 Å². The van der Waals surface area contributed by atoms with Gasteiger partial charge in [0.2, 0.25) is 0 Å². The van der Waals surface area contributed by atoms with Gasteiger partial charge in [-0.2, -0.15) is 0 Å². The number of rotatable bonds is 2. The maximum Gasteiger partial charge on any atom is 0.138 e. The molecule has 0 spiro atoms. The molecule has 0 radical (unpaired) electrons. The van der Waals surface area contributed by atoms with Gasteiger partial charge < -0.3 is 4.98 Å². The van der Waals surface area contributed by atoms with Crippen molar-refractivity contribution in [3.8, 4) is 0 Å². The molecule has 0 atom stereocenters. The largest absolute Gasteiger partial charge is 0.339 e. The monoisotopic (exact) mass is 198 g/mol. The Kier molecular flexibility index (Phi) is 2.42. The third-order valence-electron chi connectivity index (χ3n) is 2.63. The molecule has 15 heavy (non-hydrogen) atoms. The zero-order chi connectivity index (χ0) is 10.8. The molecule has 2 rings (SSSR count). The quantitative estimate of drug-likeness (QED) is 0.784. The van der Waals surface area contributed by atoms with Crippen molar-refractivity contribution in [3.05, 3.63) is 42.2 Å². The number of nitrogens with zero attached hydrogens (tertiary/aromatic N) is 1. The molecule has 0 amide bonds. The Morgan fingerprint density at radius 2 is 2.33 bits per heavy atom. The summed E-state index contributed by atoms with van der Waals surface area (Å²) < 4.78 is 0. The highest BCUT2D eigenvalue weighted by Crippen LogP contribution is 2.27. The van der Waals surface area contributed by atoms with Gasteiger partial charge in [-0.05, 0) is 37.6 Å². The molecule has 0 bridgehead atoms. The summed E-state index contributed by atoms with van der Waals surface area (Å²) in [6.45, 7) is 7.96. The van der Waals surface area contributed by atoms with Crippen LogP contribution in [0, 0.1) is 0 Å². The molecule has 2 heteroatoms. The van der Waals surface area contributed by atoms with Crippen molar-refractivity contribution in [2.24, 2.45) is 0 Å². The number of allylic oxidation sites excluding steroid dienone is 2. The van der Waals surface area contributed by atoms with Gasteiger partial charge in [0.1, 0.15) is 5.65 Å². The van der Waals surface area contributed by atoms with E-state index in [1.54, 1.807) is 6.20 Å². The molecule has 1 N–H and O–H groups in total. The average molecular weight is 198 g/mol. The minimum absolute atomic E-state index is 0.920. The van der Waals surface area contributed by atoms with Crippen LogP contribution in [-0.4, -0.2) is 9.97 Å². The van der Waals surface area contributed by atoms with Crippen LogP contribution in [0.4, 0.5) is 0 Å². The smallest absolute Gasteiger partial charge is 0.138 e. The first-order valence-electron chi connectivity index (χ1n) is 5.00. The Morgan fingerprint density at radius 1 is 1.53 bits per heavy atom. The summed E-state index contributed by atoms with van der Waals surface area (Å²) in [4.78, 5) is 7.56. The molecule has 0 fully saturated rings. The molecule has 0 aromatic carbocycles. The van der Waals surface area contributed by atoms with Gasteiger partial charge in [-0.1, -0.05) is 12.7 Å². The summed E-state index contributed by atoms with van der Waals surface area (Å²) in [6, 6.07) is 4.03. The standard InChI is InChI=1S/C13H14N2/c1-4-9(3)12-10-7-6-8-14-13(10)15-11(12)5-2/h4-8H,2H2,1,3H3,(H,14,15)/b9-4-. The lowest BCUT2D eigenvalue weighted by Crippen LogP contribution is -1.80. The summed E-state index contributed by atoms with van der Waals surface area (Å²) in [6.07, 6.45) is 5.73. The number of H-pyrrole nitrogens is 1. The molecule has 2 heterocycles. The van der Waals surface area contributed by atoms with Crippen LogP contribution in [0.3, 0.4) is 0 Å². The Hall–Kier alpha value is -1.83. The third-order valence-corrected chi connectivity index (χ3v) is 2.63. The molecular formula is C13H14N2. The van der Waals surface area contributed by atoms with E-state index in [0.29, 0.717) is 0 Å². The predicted molar refractivity (Wildman–Crippen MR) is 65.5 cm³/mol. The second-order valence-corrected chi connectivity index (χ2v) is 3.49. The molecule has 0 aliphatic rings. The summed E-state index contributed by atoms with van der Waals surface area (Å²) in [5, 5.41) is 1.16. The van der Waals surface area contributed by atoms with Crippen LogP contribution in [0.5, 0.6) is 0 Å². The van der Waals surface area contributed by atoms with E-state index < -0.39 is 0 Å². The number of nitrogens with one attached hydrogen (secondary N) is 1. The number of fused-ring (bicyclic) bond motifs is 1. The van der Waals surface area contributed by atoms with Crippen molar-refractivity contribution >= 4 is 22.7 Å². The Balaban J connectivity index is 2.84. The minimum atomic E-state index is 0.920. The molecule has 0 aliphatic heterocycles. The van der Waals surface area contributed by atoms with E-state index in [9.17, 15) is 0 Å². The molecule has 0 saturated heterocycles. The fourth-order valence-electron chi connectivity index (χ4n) is 1.76. The van der Waals surface area contributed by atoms with Gasteiger partial charge in [-0.3, -0.25) is 0 Å². The maximum atomic E-state index is 4.30. The highest BCUT2D eigenvalue weighted by molar-refractivity contribution is 5.94. The fourth-order valence-corrected chi connectivity index (χ4v) is 1.76. The Labute approximate surface area is 89.4 Å². The molecule has 0 unspecified atom stereocenters. The van der Waals surface area contributed by atoms with E-state index in [-0.39, 0.29) is 0 Å². The van der Waals surface area contributed by atoms with E-state index in [1.165, 1.54) is 11.1 Å². The van der Waals surface area contributed by atoms with E-state index in [1.807, 2.05) is 19.1 Å². The second-order valence-electron chi connectivity index (χ2n) is 3.49. The van der Waals surface area contributed by atoms with Crippen LogP contribution in [0.1, 0.15) is 25.1 Å². The topological polar surface area (TPSA) is 28.7 Å². The van der Waals surface area contributed by atoms with E-state index >= 15 is 0 Å². The Bertz CT molecular complexity index is 532. The lowest BCUT2D eigenvalue weighted by Gasteiger charge is -2.00. The highest BCUT2D eigenvalue weighted by Gasteiger charge is 2.10. The van der Waals surface area contributed by atoms with Crippen molar-refractivity contribution in [1.29, 1.82) is 0 Å². The van der Waals surface area contributed by atoms with Crippen LogP contribution in [0.25, 0.3) is 22.7 Å². The highest BCUT2D eigenvalue weighted by atomic mass is 14.9. The van der Waals surface area contributed by atoms with Crippen molar-refractivity contribution < 1.29 is 0 Å². The van der Waals surface area contributed by atoms with Gasteiger partial charge in [0.15, 0.2) is 0 Å². The molecule has 2 aromatic heterocycles. The van der Waals surface area contributed by atoms with Crippen LogP contribution >= 0.6 is 0 Å². The second kappa shape index (κ2) is 3.73. The molecule has 0 aliphatic carbocycles. The zero-order valence-electron chi connectivity index (χ0n) is 9.04. The molecule has 2 nitrogen and oxygen atoms in total. The maximum absolute atomic E-state index is 4.30. The summed E-state index contributed by atoms with van der Waals surface area (Å²) in [5.74, 6) is 0. The minimum Gasteiger partial charge on any atom is -0.339 e. The van der Waals surface area contributed by atoms with Gasteiger partial charge in [0, 0.05) is 22.8 Å². The number of pyridine rings is 1. The lowest BCUT2D eigenvalue weighted by molar-refractivity contribution is 1.31. The van der Waals surface area contributed by atoms with E-state index in [2.05, 4.69) is 35.6 Å². The first-order valence-corrected chi connectivity index (χ1v) is 5.00. The third kappa shape index (κ3) is 1.48. The van der Waals surface area contributed by atoms with Crippen LogP contribution in [0.15, 0.2) is 31.0 Å². The van der Waals surface area contributed by atoms with Crippen molar-refractivity contribution in [1.82, 2.24) is 9.97 Å². The summed E-state index contributed by atoms with van der Waals surface area (Å²) >= 11 is 0. The summed E-state index contributed by atoms with van der Waals surface area (Å²) in [5.41, 5.74) is 4.41. The fraction of sp³-hybridized carbons (Fsp3) is 0.154. The number of hydrogen-bond acceptors (Lipinski definition) is 1. The SMILES string of the molecule is C=Cc1[nH]c2ncccc2c1/C(C)=C\C. The van der Waals surface area contributed by atoms with Crippen molar-refractivity contribution in [2.45, 2.75) is 13.8 Å². The van der Waals surface area contributed by atoms with Gasteiger partial charge in [0.05, 0.1) is 0 Å². The van der Waals surface area contributed by atoms with Crippen LogP contribution in [0.2, 0.25) is 0 Å². The number of aromatic amines is 1. The van der Waals surface area contributed by atoms with E-state index in [0.717, 1.165) is 16.7 Å². The van der Waals surface area contributed by atoms with Gasteiger partial charge in [-0.25, -0.2) is 4.98 Å². The normalized spacial score (nSPS) is 12.0. The van der Waals surface area contributed by atoms with Crippen LogP contribution in [-0.2, 0) is 0 Å². The van der Waals surface area contributed by atoms with E-state index in [4.69, 9.17) is 0 Å². The zero-order valence-corrected chi connectivity index (χ0v) is 9.04. The van der Waals surface area contributed by atoms with Crippen molar-refractivity contribution in [3.63, 3.8) is 0 Å². The molecular weight excluding hydrogens is 184 g/mol.